The highest BCUT2D eigenvalue weighted by Crippen LogP contribution is 2.55. The molecule has 0 radical (unpaired) electrons. The van der Waals surface area contributed by atoms with Crippen LogP contribution < -0.4 is 5.32 Å². The van der Waals surface area contributed by atoms with E-state index in [1.165, 1.54) is 25.7 Å². The predicted molar refractivity (Wildman–Crippen MR) is 78.9 cm³/mol. The van der Waals surface area contributed by atoms with Crippen LogP contribution in [0.3, 0.4) is 0 Å². The van der Waals surface area contributed by atoms with Crippen LogP contribution in [0.1, 0.15) is 25.7 Å². The lowest BCUT2D eigenvalue weighted by molar-refractivity contribution is -0.117. The summed E-state index contributed by atoms with van der Waals surface area (Å²) in [6.45, 7) is 0. The minimum absolute atomic E-state index is 0.147. The molecule has 4 rings (SSSR count). The minimum atomic E-state index is 0.147. The number of carbonyl (C=O) groups excluding carboxylic acids is 1. The fourth-order valence-corrected chi connectivity index (χ4v) is 3.67. The second-order valence-electron chi connectivity index (χ2n) is 5.95. The maximum absolute atomic E-state index is 12.5. The Bertz CT molecular complexity index is 640. The Balaban J connectivity index is 1.54. The van der Waals surface area contributed by atoms with Gasteiger partial charge in [-0.15, -0.1) is 0 Å². The van der Waals surface area contributed by atoms with Crippen molar-refractivity contribution in [2.45, 2.75) is 25.7 Å². The van der Waals surface area contributed by atoms with Gasteiger partial charge in [0.15, 0.2) is 5.82 Å². The number of nitrogens with zero attached hydrogens (tertiary/aromatic N) is 3. The second-order valence-corrected chi connectivity index (χ2v) is 5.95. The van der Waals surface area contributed by atoms with Gasteiger partial charge in [-0.3, -0.25) is 4.79 Å². The summed E-state index contributed by atoms with van der Waals surface area (Å²) in [6, 6.07) is 5.56. The summed E-state index contributed by atoms with van der Waals surface area (Å²) in [6.07, 6.45) is 10.2. The smallest absolute Gasteiger partial charge is 0.228 e. The Morgan fingerprint density at radius 2 is 2.00 bits per heavy atom. The van der Waals surface area contributed by atoms with E-state index in [0.717, 1.165) is 5.69 Å². The zero-order chi connectivity index (χ0) is 14.2. The molecule has 0 unspecified atom stereocenters. The first kappa shape index (κ1) is 12.6. The Morgan fingerprint density at radius 1 is 1.19 bits per heavy atom. The van der Waals surface area contributed by atoms with Gasteiger partial charge in [0.25, 0.3) is 0 Å². The van der Waals surface area contributed by atoms with Crippen molar-refractivity contribution < 1.29 is 4.79 Å². The maximum Gasteiger partial charge on any atom is 0.228 e. The molecule has 2 fully saturated rings. The minimum Gasteiger partial charge on any atom is -0.323 e. The van der Waals surface area contributed by atoms with Crippen molar-refractivity contribution in [3.05, 3.63) is 36.8 Å². The van der Waals surface area contributed by atoms with Gasteiger partial charge in [0, 0.05) is 24.5 Å². The first-order valence-electron chi connectivity index (χ1n) is 7.60. The zero-order valence-electron chi connectivity index (χ0n) is 11.8. The van der Waals surface area contributed by atoms with Gasteiger partial charge in [0.2, 0.25) is 5.91 Å². The van der Waals surface area contributed by atoms with Crippen LogP contribution in [0.4, 0.5) is 5.69 Å². The lowest BCUT2D eigenvalue weighted by Gasteiger charge is -2.09. The van der Waals surface area contributed by atoms with Gasteiger partial charge in [-0.25, -0.2) is 9.67 Å². The predicted octanol–water partition coefficient (Wildman–Crippen LogP) is 2.64. The van der Waals surface area contributed by atoms with Gasteiger partial charge in [-0.2, -0.15) is 5.10 Å². The van der Waals surface area contributed by atoms with Crippen molar-refractivity contribution in [3.8, 4) is 5.82 Å². The van der Waals surface area contributed by atoms with E-state index >= 15 is 0 Å². The number of rotatable bonds is 3. The van der Waals surface area contributed by atoms with Crippen LogP contribution in [0.2, 0.25) is 0 Å². The number of aromatic nitrogens is 3. The summed E-state index contributed by atoms with van der Waals surface area (Å²) in [5.41, 5.74) is 0.731. The number of amides is 1. The number of anilines is 1. The molecule has 0 bridgehead atoms. The summed E-state index contributed by atoms with van der Waals surface area (Å²) < 4.78 is 1.68. The van der Waals surface area contributed by atoms with Crippen molar-refractivity contribution in [2.24, 2.45) is 17.8 Å². The third kappa shape index (κ3) is 2.22. The van der Waals surface area contributed by atoms with Crippen LogP contribution >= 0.6 is 0 Å². The number of carbonyl (C=O) groups is 1. The quantitative estimate of drug-likeness (QED) is 0.941. The normalized spacial score (nSPS) is 27.0. The highest BCUT2D eigenvalue weighted by Gasteiger charge is 2.54. The van der Waals surface area contributed by atoms with Crippen molar-refractivity contribution in [2.75, 3.05) is 5.32 Å². The largest absolute Gasteiger partial charge is 0.323 e. The summed E-state index contributed by atoms with van der Waals surface area (Å²) in [4.78, 5) is 16.8. The SMILES string of the molecule is O=C(Nc1cccnc1-n1cccn1)C1[C@H]2CCCC[C@H]12. The molecule has 2 aromatic heterocycles. The molecule has 108 valence electrons. The maximum atomic E-state index is 12.5. The number of pyridine rings is 1. The number of hydrogen-bond donors (Lipinski definition) is 1. The molecule has 5 nitrogen and oxygen atoms in total. The van der Waals surface area contributed by atoms with Crippen LogP contribution in [-0.2, 0) is 4.79 Å². The molecule has 5 heteroatoms. The molecule has 2 aliphatic carbocycles. The van der Waals surface area contributed by atoms with E-state index in [1.807, 2.05) is 24.4 Å². The summed E-state index contributed by atoms with van der Waals surface area (Å²) in [5.74, 6) is 2.25. The molecule has 0 aromatic carbocycles. The van der Waals surface area contributed by atoms with Gasteiger partial charge in [-0.05, 0) is 42.9 Å². The van der Waals surface area contributed by atoms with E-state index in [9.17, 15) is 4.79 Å². The average Bonchev–Trinajstić information content (AvgIpc) is 2.99. The lowest BCUT2D eigenvalue weighted by Crippen LogP contribution is -2.17. The van der Waals surface area contributed by atoms with Crippen molar-refractivity contribution in [3.63, 3.8) is 0 Å². The molecule has 21 heavy (non-hydrogen) atoms. The highest BCUT2D eigenvalue weighted by molar-refractivity contribution is 5.96. The van der Waals surface area contributed by atoms with E-state index in [2.05, 4.69) is 15.4 Å². The van der Waals surface area contributed by atoms with Crippen molar-refractivity contribution in [1.29, 1.82) is 0 Å². The molecular weight excluding hydrogens is 264 g/mol. The average molecular weight is 282 g/mol. The molecule has 2 aromatic rings. The first-order chi connectivity index (χ1) is 10.3. The lowest BCUT2D eigenvalue weighted by atomic mass is 10.0. The summed E-state index contributed by atoms with van der Waals surface area (Å²) in [5, 5.41) is 7.24. The summed E-state index contributed by atoms with van der Waals surface area (Å²) >= 11 is 0. The van der Waals surface area contributed by atoms with Crippen LogP contribution in [0.25, 0.3) is 5.82 Å². The summed E-state index contributed by atoms with van der Waals surface area (Å²) in [7, 11) is 0. The van der Waals surface area contributed by atoms with Crippen LogP contribution in [0, 0.1) is 17.8 Å². The van der Waals surface area contributed by atoms with Gasteiger partial charge in [0.05, 0.1) is 5.69 Å². The third-order valence-corrected chi connectivity index (χ3v) is 4.73. The molecule has 0 spiro atoms. The number of hydrogen-bond acceptors (Lipinski definition) is 3. The second kappa shape index (κ2) is 4.98. The molecule has 0 saturated heterocycles. The Hall–Kier alpha value is -2.17. The molecule has 1 N–H and O–H groups in total. The van der Waals surface area contributed by atoms with Crippen LogP contribution in [-0.4, -0.2) is 20.7 Å². The first-order valence-corrected chi connectivity index (χ1v) is 7.60. The number of fused-ring (bicyclic) bond motifs is 1. The monoisotopic (exact) mass is 282 g/mol. The standard InChI is InChI=1S/C16H18N4O/c21-16(14-11-5-1-2-6-12(11)14)19-13-7-3-8-17-15(13)20-10-4-9-18-20/h3-4,7-12,14H,1-2,5-6H2,(H,19,21)/t11-,12-/m0/s1. The van der Waals surface area contributed by atoms with Gasteiger partial charge in [-0.1, -0.05) is 12.8 Å². The molecule has 2 atom stereocenters. The van der Waals surface area contributed by atoms with Crippen molar-refractivity contribution >= 4 is 11.6 Å². The molecule has 2 aliphatic rings. The molecule has 1 amide bonds. The fourth-order valence-electron chi connectivity index (χ4n) is 3.67. The van der Waals surface area contributed by atoms with Gasteiger partial charge < -0.3 is 5.32 Å². The molecule has 2 saturated carbocycles. The highest BCUT2D eigenvalue weighted by atomic mass is 16.2. The van der Waals surface area contributed by atoms with Crippen LogP contribution in [0.15, 0.2) is 36.8 Å². The topological polar surface area (TPSA) is 59.8 Å². The number of nitrogens with one attached hydrogen (secondary N) is 1. The van der Waals surface area contributed by atoms with Crippen molar-refractivity contribution in [1.82, 2.24) is 14.8 Å². The molecule has 2 heterocycles. The Morgan fingerprint density at radius 3 is 2.71 bits per heavy atom. The molecular formula is C16H18N4O. The Labute approximate surface area is 123 Å². The van der Waals surface area contributed by atoms with Gasteiger partial charge in [0.1, 0.15) is 0 Å². The van der Waals surface area contributed by atoms with E-state index in [0.29, 0.717) is 17.7 Å². The zero-order valence-corrected chi connectivity index (χ0v) is 11.8. The van der Waals surface area contributed by atoms with Crippen LogP contribution in [0.5, 0.6) is 0 Å². The third-order valence-electron chi connectivity index (χ3n) is 4.73. The van der Waals surface area contributed by atoms with E-state index in [4.69, 9.17) is 0 Å². The van der Waals surface area contributed by atoms with E-state index < -0.39 is 0 Å². The van der Waals surface area contributed by atoms with Gasteiger partial charge >= 0.3 is 0 Å². The van der Waals surface area contributed by atoms with E-state index in [1.54, 1.807) is 17.1 Å². The fraction of sp³-hybridized carbons (Fsp3) is 0.438. The molecule has 0 aliphatic heterocycles. The Kier molecular flexibility index (Phi) is 2.98. The van der Waals surface area contributed by atoms with E-state index in [-0.39, 0.29) is 11.8 Å².